The molecule has 0 saturated heterocycles. The normalized spacial score (nSPS) is 14.3. The molecule has 2 aromatic rings. The van der Waals surface area contributed by atoms with E-state index in [0.717, 1.165) is 12.0 Å². The van der Waals surface area contributed by atoms with Crippen LogP contribution in [-0.4, -0.2) is 48.6 Å². The van der Waals surface area contributed by atoms with Gasteiger partial charge >= 0.3 is 5.97 Å². The van der Waals surface area contributed by atoms with Crippen molar-refractivity contribution in [1.29, 1.82) is 0 Å². The van der Waals surface area contributed by atoms with E-state index in [0.29, 0.717) is 79.3 Å². The van der Waals surface area contributed by atoms with Gasteiger partial charge in [-0.25, -0.2) is 4.79 Å². The lowest BCUT2D eigenvalue weighted by atomic mass is 9.98. The first-order valence-electron chi connectivity index (χ1n) is 12.9. The van der Waals surface area contributed by atoms with Crippen molar-refractivity contribution >= 4 is 17.5 Å². The number of carbonyl (C=O) groups excluding carboxylic acids is 3. The van der Waals surface area contributed by atoms with E-state index in [1.807, 2.05) is 6.92 Å². The number of hydrogen-bond donors (Lipinski definition) is 1. The highest BCUT2D eigenvalue weighted by Gasteiger charge is 2.29. The summed E-state index contributed by atoms with van der Waals surface area (Å²) >= 11 is 0. The molecule has 0 aliphatic carbocycles. The summed E-state index contributed by atoms with van der Waals surface area (Å²) in [7, 11) is 0. The Balaban J connectivity index is 1.58. The second-order valence-corrected chi connectivity index (χ2v) is 9.06. The molecule has 8 heteroatoms. The summed E-state index contributed by atoms with van der Waals surface area (Å²) in [5.41, 5.74) is 2.30. The number of aryl methyl sites for hydroxylation is 1. The minimum absolute atomic E-state index is 0.00762. The van der Waals surface area contributed by atoms with Crippen LogP contribution in [-0.2, 0) is 22.4 Å². The Morgan fingerprint density at radius 1 is 0.973 bits per heavy atom. The summed E-state index contributed by atoms with van der Waals surface area (Å²) < 4.78 is 22.8. The molecule has 8 nitrogen and oxygen atoms in total. The fourth-order valence-electron chi connectivity index (χ4n) is 4.30. The molecule has 1 aliphatic heterocycles. The predicted molar refractivity (Wildman–Crippen MR) is 138 cm³/mol. The zero-order valence-electron chi connectivity index (χ0n) is 22.1. The number of unbranched alkanes of at least 4 members (excludes halogenated alkanes) is 1. The molecule has 200 valence electrons. The topological polar surface area (TPSA) is 108 Å². The highest BCUT2D eigenvalue weighted by Crippen LogP contribution is 2.35. The third kappa shape index (κ3) is 7.02. The minimum Gasteiger partial charge on any atom is -0.507 e. The number of ketones is 2. The van der Waals surface area contributed by atoms with Crippen LogP contribution in [0.3, 0.4) is 0 Å². The van der Waals surface area contributed by atoms with Crippen molar-refractivity contribution in [2.24, 2.45) is 0 Å². The first-order valence-corrected chi connectivity index (χ1v) is 12.9. The Morgan fingerprint density at radius 2 is 1.65 bits per heavy atom. The molecule has 2 aromatic carbocycles. The molecular formula is C29H36O8. The average molecular weight is 513 g/mol. The first kappa shape index (κ1) is 28.0. The zero-order chi connectivity index (χ0) is 26.9. The van der Waals surface area contributed by atoms with E-state index < -0.39 is 12.1 Å². The Bertz CT molecular complexity index is 1140. The Labute approximate surface area is 217 Å². The predicted octanol–water partition coefficient (Wildman–Crippen LogP) is 5.24. The minimum atomic E-state index is -0.665. The van der Waals surface area contributed by atoms with Crippen molar-refractivity contribution in [3.8, 4) is 23.0 Å². The summed E-state index contributed by atoms with van der Waals surface area (Å²) in [6, 6.07) is 6.78. The maximum Gasteiger partial charge on any atom is 0.347 e. The number of rotatable bonds is 13. The number of Topliss-reactive ketones (excluding diaryl/α,β-unsaturated/α-hetero) is 2. The SMILES string of the molecule is CCCc1c(OCCCCOc2cc3c(cc2C(C)=O)CCC(C(=O)OCC)O3)ccc(C(C)=O)c1O. The van der Waals surface area contributed by atoms with E-state index in [-0.39, 0.29) is 23.9 Å². The molecule has 0 bridgehead atoms. The van der Waals surface area contributed by atoms with Crippen molar-refractivity contribution in [3.05, 3.63) is 46.5 Å². The lowest BCUT2D eigenvalue weighted by Crippen LogP contribution is -2.33. The van der Waals surface area contributed by atoms with Gasteiger partial charge in [0.2, 0.25) is 0 Å². The van der Waals surface area contributed by atoms with Gasteiger partial charge in [-0.2, -0.15) is 0 Å². The highest BCUT2D eigenvalue weighted by atomic mass is 16.6. The summed E-state index contributed by atoms with van der Waals surface area (Å²) in [5.74, 6) is 0.839. The van der Waals surface area contributed by atoms with Gasteiger partial charge in [-0.1, -0.05) is 13.3 Å². The Kier molecular flexibility index (Phi) is 9.94. The highest BCUT2D eigenvalue weighted by molar-refractivity contribution is 5.98. The van der Waals surface area contributed by atoms with E-state index >= 15 is 0 Å². The number of phenols is 1. The first-order chi connectivity index (χ1) is 17.8. The average Bonchev–Trinajstić information content (AvgIpc) is 2.86. The molecule has 3 rings (SSSR count). The second kappa shape index (κ2) is 13.1. The molecule has 1 aliphatic rings. The van der Waals surface area contributed by atoms with Crippen molar-refractivity contribution in [3.63, 3.8) is 0 Å². The number of aromatic hydroxyl groups is 1. The fourth-order valence-corrected chi connectivity index (χ4v) is 4.30. The van der Waals surface area contributed by atoms with Crippen LogP contribution >= 0.6 is 0 Å². The van der Waals surface area contributed by atoms with Gasteiger partial charge < -0.3 is 24.1 Å². The largest absolute Gasteiger partial charge is 0.507 e. The fraction of sp³-hybridized carbons (Fsp3) is 0.483. The van der Waals surface area contributed by atoms with E-state index in [4.69, 9.17) is 18.9 Å². The molecule has 37 heavy (non-hydrogen) atoms. The monoisotopic (exact) mass is 512 g/mol. The lowest BCUT2D eigenvalue weighted by molar-refractivity contribution is -0.152. The number of fused-ring (bicyclic) bond motifs is 1. The lowest BCUT2D eigenvalue weighted by Gasteiger charge is -2.26. The summed E-state index contributed by atoms with van der Waals surface area (Å²) in [4.78, 5) is 36.1. The number of carbonyl (C=O) groups is 3. The second-order valence-electron chi connectivity index (χ2n) is 9.06. The number of ether oxygens (including phenoxy) is 4. The molecule has 0 fully saturated rings. The third-order valence-electron chi connectivity index (χ3n) is 6.21. The van der Waals surface area contributed by atoms with Crippen LogP contribution in [0, 0.1) is 0 Å². The van der Waals surface area contributed by atoms with Crippen LogP contribution in [0.5, 0.6) is 23.0 Å². The number of phenolic OH excluding ortho intramolecular Hbond substituents is 1. The molecule has 0 radical (unpaired) electrons. The van der Waals surface area contributed by atoms with E-state index in [1.165, 1.54) is 13.8 Å². The Hall–Kier alpha value is -3.55. The van der Waals surface area contributed by atoms with E-state index in [2.05, 4.69) is 0 Å². The van der Waals surface area contributed by atoms with E-state index in [1.54, 1.807) is 31.2 Å². The van der Waals surface area contributed by atoms with Crippen molar-refractivity contribution in [2.75, 3.05) is 19.8 Å². The van der Waals surface area contributed by atoms with Crippen molar-refractivity contribution in [1.82, 2.24) is 0 Å². The number of hydrogen-bond acceptors (Lipinski definition) is 8. The van der Waals surface area contributed by atoms with Gasteiger partial charge in [0, 0.05) is 11.6 Å². The molecule has 1 heterocycles. The van der Waals surface area contributed by atoms with Crippen LogP contribution in [0.15, 0.2) is 24.3 Å². The number of esters is 1. The molecule has 1 N–H and O–H groups in total. The van der Waals surface area contributed by atoms with Gasteiger partial charge in [-0.15, -0.1) is 0 Å². The van der Waals surface area contributed by atoms with Gasteiger partial charge in [0.15, 0.2) is 17.7 Å². The molecule has 0 saturated carbocycles. The van der Waals surface area contributed by atoms with Crippen molar-refractivity contribution < 1.29 is 38.4 Å². The van der Waals surface area contributed by atoms with E-state index in [9.17, 15) is 19.5 Å². The van der Waals surface area contributed by atoms with Crippen LogP contribution in [0.1, 0.15) is 85.2 Å². The van der Waals surface area contributed by atoms with Gasteiger partial charge in [-0.3, -0.25) is 9.59 Å². The van der Waals surface area contributed by atoms with Crippen molar-refractivity contribution in [2.45, 2.75) is 72.3 Å². The van der Waals surface area contributed by atoms with Gasteiger partial charge in [0.25, 0.3) is 0 Å². The maximum atomic E-state index is 12.2. The van der Waals surface area contributed by atoms with Gasteiger partial charge in [0.1, 0.15) is 23.0 Å². The molecule has 0 aromatic heterocycles. The summed E-state index contributed by atoms with van der Waals surface area (Å²) in [6.07, 6.45) is 3.21. The Morgan fingerprint density at radius 3 is 2.27 bits per heavy atom. The maximum absolute atomic E-state index is 12.2. The molecule has 0 spiro atoms. The van der Waals surface area contributed by atoms with Gasteiger partial charge in [-0.05, 0) is 76.6 Å². The molecule has 1 unspecified atom stereocenters. The smallest absolute Gasteiger partial charge is 0.347 e. The van der Waals surface area contributed by atoms with Crippen LogP contribution in [0.2, 0.25) is 0 Å². The summed E-state index contributed by atoms with van der Waals surface area (Å²) in [6.45, 7) is 7.73. The van der Waals surface area contributed by atoms with Gasteiger partial charge in [0.05, 0.1) is 30.9 Å². The molecular weight excluding hydrogens is 476 g/mol. The molecule has 1 atom stereocenters. The standard InChI is InChI=1S/C29H36O8/c1-5-9-22-24(13-11-21(18(3)30)28(22)32)35-14-7-8-15-36-27-17-26-20(16-23(27)19(4)31)10-12-25(37-26)29(33)34-6-2/h11,13,16-17,25,32H,5-10,12,14-15H2,1-4H3. The van der Waals surface area contributed by atoms with Crippen LogP contribution in [0.4, 0.5) is 0 Å². The zero-order valence-corrected chi connectivity index (χ0v) is 22.1. The van der Waals surface area contributed by atoms with Crippen LogP contribution < -0.4 is 14.2 Å². The third-order valence-corrected chi connectivity index (χ3v) is 6.21. The quantitative estimate of drug-likeness (QED) is 0.220. The van der Waals surface area contributed by atoms with Crippen LogP contribution in [0.25, 0.3) is 0 Å². The molecule has 0 amide bonds. The summed E-state index contributed by atoms with van der Waals surface area (Å²) in [5, 5.41) is 10.5. The number of benzene rings is 2.